The van der Waals surface area contributed by atoms with Crippen molar-refractivity contribution in [2.24, 2.45) is 5.73 Å². The lowest BCUT2D eigenvalue weighted by Crippen LogP contribution is -2.38. The number of hydrogen-bond acceptors (Lipinski definition) is 2. The standard InChI is InChI=1S/C8H9ClF3NS/c1-4-3-14-5(7(4)9)2-6(13)8(10,11)12/h3,6H,2,13H2,1H3. The van der Waals surface area contributed by atoms with Crippen LogP contribution in [0.1, 0.15) is 10.4 Å². The van der Waals surface area contributed by atoms with Crippen LogP contribution in [-0.2, 0) is 6.42 Å². The van der Waals surface area contributed by atoms with E-state index in [9.17, 15) is 13.2 Å². The van der Waals surface area contributed by atoms with E-state index in [0.717, 1.165) is 5.56 Å². The van der Waals surface area contributed by atoms with Crippen LogP contribution in [0, 0.1) is 6.92 Å². The third kappa shape index (κ3) is 2.62. The molecule has 80 valence electrons. The second-order valence-electron chi connectivity index (χ2n) is 3.01. The van der Waals surface area contributed by atoms with Gasteiger partial charge in [0, 0.05) is 11.3 Å². The molecule has 0 spiro atoms. The first kappa shape index (κ1) is 11.8. The van der Waals surface area contributed by atoms with Gasteiger partial charge in [-0.3, -0.25) is 0 Å². The van der Waals surface area contributed by atoms with E-state index < -0.39 is 12.2 Å². The van der Waals surface area contributed by atoms with E-state index in [1.54, 1.807) is 12.3 Å². The Kier molecular flexibility index (Phi) is 3.44. The topological polar surface area (TPSA) is 26.0 Å². The summed E-state index contributed by atoms with van der Waals surface area (Å²) in [5.41, 5.74) is 5.78. The Bertz CT molecular complexity index is 321. The third-order valence-corrected chi connectivity index (χ3v) is 3.56. The number of halogens is 4. The number of hydrogen-bond donors (Lipinski definition) is 1. The molecule has 1 atom stereocenters. The highest BCUT2D eigenvalue weighted by Gasteiger charge is 2.37. The van der Waals surface area contributed by atoms with Gasteiger partial charge in [0.15, 0.2) is 0 Å². The fourth-order valence-electron chi connectivity index (χ4n) is 0.936. The minimum absolute atomic E-state index is 0.249. The second-order valence-corrected chi connectivity index (χ2v) is 4.35. The SMILES string of the molecule is Cc1csc(CC(N)C(F)(F)F)c1Cl. The van der Waals surface area contributed by atoms with Crippen LogP contribution in [0.5, 0.6) is 0 Å². The molecule has 0 aliphatic carbocycles. The zero-order chi connectivity index (χ0) is 10.9. The van der Waals surface area contributed by atoms with Gasteiger partial charge in [0.05, 0.1) is 5.02 Å². The summed E-state index contributed by atoms with van der Waals surface area (Å²) in [4.78, 5) is 0.494. The summed E-state index contributed by atoms with van der Waals surface area (Å²) in [6.45, 7) is 1.75. The summed E-state index contributed by atoms with van der Waals surface area (Å²) in [7, 11) is 0. The summed E-state index contributed by atoms with van der Waals surface area (Å²) in [5.74, 6) is 0. The van der Waals surface area contributed by atoms with Gasteiger partial charge in [-0.15, -0.1) is 11.3 Å². The molecule has 6 heteroatoms. The quantitative estimate of drug-likeness (QED) is 0.849. The summed E-state index contributed by atoms with van der Waals surface area (Å²) in [5, 5.41) is 2.12. The summed E-state index contributed by atoms with van der Waals surface area (Å²) < 4.78 is 36.3. The predicted molar refractivity (Wildman–Crippen MR) is 51.8 cm³/mol. The monoisotopic (exact) mass is 243 g/mol. The van der Waals surface area contributed by atoms with E-state index in [1.165, 1.54) is 11.3 Å². The molecule has 0 aliphatic heterocycles. The van der Waals surface area contributed by atoms with Crippen molar-refractivity contribution in [2.75, 3.05) is 0 Å². The van der Waals surface area contributed by atoms with Crippen molar-refractivity contribution in [2.45, 2.75) is 25.6 Å². The molecule has 0 aromatic carbocycles. The average molecular weight is 244 g/mol. The van der Waals surface area contributed by atoms with Crippen molar-refractivity contribution < 1.29 is 13.2 Å². The van der Waals surface area contributed by atoms with Gasteiger partial charge in [-0.1, -0.05) is 11.6 Å². The van der Waals surface area contributed by atoms with E-state index in [2.05, 4.69) is 0 Å². The van der Waals surface area contributed by atoms with Gasteiger partial charge in [-0.2, -0.15) is 13.2 Å². The maximum Gasteiger partial charge on any atom is 0.403 e. The molecule has 1 nitrogen and oxygen atoms in total. The maximum absolute atomic E-state index is 12.1. The van der Waals surface area contributed by atoms with E-state index in [4.69, 9.17) is 17.3 Å². The number of alkyl halides is 3. The van der Waals surface area contributed by atoms with Crippen LogP contribution in [0.15, 0.2) is 5.38 Å². The Hall–Kier alpha value is -0.260. The minimum atomic E-state index is -4.36. The zero-order valence-electron chi connectivity index (χ0n) is 7.36. The second kappa shape index (κ2) is 4.08. The van der Waals surface area contributed by atoms with Gasteiger partial charge in [-0.05, 0) is 17.9 Å². The van der Waals surface area contributed by atoms with Gasteiger partial charge < -0.3 is 5.73 Å². The Labute approximate surface area is 88.7 Å². The van der Waals surface area contributed by atoms with Gasteiger partial charge in [0.1, 0.15) is 6.04 Å². The van der Waals surface area contributed by atoms with Gasteiger partial charge in [-0.25, -0.2) is 0 Å². The normalized spacial score (nSPS) is 14.4. The lowest BCUT2D eigenvalue weighted by molar-refractivity contribution is -0.147. The van der Waals surface area contributed by atoms with Crippen molar-refractivity contribution in [1.29, 1.82) is 0 Å². The molecule has 1 aromatic heterocycles. The highest BCUT2D eigenvalue weighted by Crippen LogP contribution is 2.30. The highest BCUT2D eigenvalue weighted by atomic mass is 35.5. The first-order chi connectivity index (χ1) is 6.32. The largest absolute Gasteiger partial charge is 0.403 e. The summed E-state index contributed by atoms with van der Waals surface area (Å²) in [6.07, 6.45) is -4.61. The molecule has 2 N–H and O–H groups in total. The van der Waals surface area contributed by atoms with Crippen LogP contribution in [-0.4, -0.2) is 12.2 Å². The Morgan fingerprint density at radius 1 is 1.57 bits per heavy atom. The third-order valence-electron chi connectivity index (χ3n) is 1.79. The number of rotatable bonds is 2. The fourth-order valence-corrected chi connectivity index (χ4v) is 2.24. The molecule has 0 fully saturated rings. The highest BCUT2D eigenvalue weighted by molar-refractivity contribution is 7.10. The Balaban J connectivity index is 2.75. The molecule has 1 rings (SSSR count). The lowest BCUT2D eigenvalue weighted by atomic mass is 10.2. The number of nitrogens with two attached hydrogens (primary N) is 1. The first-order valence-corrected chi connectivity index (χ1v) is 5.13. The summed E-state index contributed by atoms with van der Waals surface area (Å²) in [6, 6.07) is -1.84. The molecule has 0 radical (unpaired) electrons. The molecule has 0 aliphatic rings. The smallest absolute Gasteiger partial charge is 0.320 e. The molecule has 1 aromatic rings. The van der Waals surface area contributed by atoms with Gasteiger partial charge in [0.25, 0.3) is 0 Å². The number of aryl methyl sites for hydroxylation is 1. The molecular formula is C8H9ClF3NS. The van der Waals surface area contributed by atoms with E-state index in [0.29, 0.717) is 9.90 Å². The van der Waals surface area contributed by atoms with Crippen LogP contribution in [0.2, 0.25) is 5.02 Å². The van der Waals surface area contributed by atoms with E-state index >= 15 is 0 Å². The van der Waals surface area contributed by atoms with Crippen LogP contribution >= 0.6 is 22.9 Å². The molecule has 0 amide bonds. The molecule has 0 bridgehead atoms. The fraction of sp³-hybridized carbons (Fsp3) is 0.500. The first-order valence-electron chi connectivity index (χ1n) is 3.87. The van der Waals surface area contributed by atoms with Gasteiger partial charge in [0.2, 0.25) is 0 Å². The molecular weight excluding hydrogens is 235 g/mol. The Morgan fingerprint density at radius 2 is 2.14 bits per heavy atom. The maximum atomic E-state index is 12.1. The van der Waals surface area contributed by atoms with Crippen molar-refractivity contribution in [3.05, 3.63) is 20.8 Å². The summed E-state index contributed by atoms with van der Waals surface area (Å²) >= 11 is 7.00. The minimum Gasteiger partial charge on any atom is -0.320 e. The molecule has 1 heterocycles. The van der Waals surface area contributed by atoms with Crippen LogP contribution in [0.25, 0.3) is 0 Å². The lowest BCUT2D eigenvalue weighted by Gasteiger charge is -2.14. The van der Waals surface area contributed by atoms with Crippen molar-refractivity contribution in [3.63, 3.8) is 0 Å². The number of thiophene rings is 1. The van der Waals surface area contributed by atoms with E-state index in [-0.39, 0.29) is 6.42 Å². The predicted octanol–water partition coefficient (Wildman–Crippen LogP) is 3.14. The molecule has 14 heavy (non-hydrogen) atoms. The molecule has 1 unspecified atom stereocenters. The van der Waals surface area contributed by atoms with Crippen molar-refractivity contribution in [1.82, 2.24) is 0 Å². The van der Waals surface area contributed by atoms with Crippen LogP contribution in [0.4, 0.5) is 13.2 Å². The van der Waals surface area contributed by atoms with Crippen molar-refractivity contribution >= 4 is 22.9 Å². The van der Waals surface area contributed by atoms with Crippen LogP contribution < -0.4 is 5.73 Å². The zero-order valence-corrected chi connectivity index (χ0v) is 8.93. The molecule has 0 saturated carbocycles. The van der Waals surface area contributed by atoms with Crippen LogP contribution in [0.3, 0.4) is 0 Å². The van der Waals surface area contributed by atoms with E-state index in [1.807, 2.05) is 0 Å². The molecule has 0 saturated heterocycles. The van der Waals surface area contributed by atoms with Crippen molar-refractivity contribution in [3.8, 4) is 0 Å². The average Bonchev–Trinajstić information content (AvgIpc) is 2.34. The van der Waals surface area contributed by atoms with Gasteiger partial charge >= 0.3 is 6.18 Å². The Morgan fingerprint density at radius 3 is 2.50 bits per heavy atom.